The molecule has 4 rings (SSSR count). The third kappa shape index (κ3) is 3.84. The number of nitrogens with one attached hydrogen (secondary N) is 1. The number of amides is 1. The van der Waals surface area contributed by atoms with E-state index in [0.717, 1.165) is 16.3 Å². The van der Waals surface area contributed by atoms with E-state index in [1.54, 1.807) is 6.07 Å². The quantitative estimate of drug-likeness (QED) is 0.381. The van der Waals surface area contributed by atoms with Gasteiger partial charge in [0.05, 0.1) is 23.7 Å². The number of benzene rings is 3. The van der Waals surface area contributed by atoms with Gasteiger partial charge in [-0.05, 0) is 23.8 Å². The van der Waals surface area contributed by atoms with Crippen LogP contribution in [0.1, 0.15) is 15.9 Å². The van der Waals surface area contributed by atoms with Gasteiger partial charge in [-0.1, -0.05) is 66.2 Å². The van der Waals surface area contributed by atoms with Crippen molar-refractivity contribution in [3.8, 4) is 0 Å². The number of hydrogen-bond donors (Lipinski definition) is 1. The highest BCUT2D eigenvalue weighted by Gasteiger charge is 2.25. The number of halogens is 1. The van der Waals surface area contributed by atoms with E-state index < -0.39 is 12.0 Å². The zero-order chi connectivity index (χ0) is 21.1. The van der Waals surface area contributed by atoms with Crippen molar-refractivity contribution in [3.05, 3.63) is 88.9 Å². The predicted octanol–water partition coefficient (Wildman–Crippen LogP) is 4.56. The van der Waals surface area contributed by atoms with Crippen LogP contribution >= 0.6 is 11.6 Å². The fourth-order valence-electron chi connectivity index (χ4n) is 3.53. The highest BCUT2D eigenvalue weighted by molar-refractivity contribution is 6.31. The number of ether oxygens (including phenoxy) is 1. The molecule has 1 atom stereocenters. The molecule has 30 heavy (non-hydrogen) atoms. The van der Waals surface area contributed by atoms with E-state index >= 15 is 0 Å². The second-order valence-corrected chi connectivity index (χ2v) is 7.27. The van der Waals surface area contributed by atoms with Crippen molar-refractivity contribution >= 4 is 45.3 Å². The summed E-state index contributed by atoms with van der Waals surface area (Å²) in [5.74, 6) is -0.904. The molecule has 1 heterocycles. The first-order valence-electron chi connectivity index (χ1n) is 9.48. The Morgan fingerprint density at radius 3 is 2.10 bits per heavy atom. The van der Waals surface area contributed by atoms with Crippen molar-refractivity contribution in [2.75, 3.05) is 7.11 Å². The predicted molar refractivity (Wildman–Crippen MR) is 118 cm³/mol. The molecule has 0 aliphatic heterocycles. The van der Waals surface area contributed by atoms with E-state index in [2.05, 4.69) is 10.3 Å². The maximum atomic E-state index is 13.4. The normalized spacial score (nSPS) is 11.9. The molecule has 0 radical (unpaired) electrons. The standard InChI is InChI=1S/C24H19ClN2O3/c1-30-24(29)21(14-15-8-2-5-11-18(15)25)27-23(28)22-16-9-3-6-12-19(16)26-20-13-7-4-10-17(20)22/h2-13,21H,14H2,1H3,(H,27,28)/t21-/m1/s1. The summed E-state index contributed by atoms with van der Waals surface area (Å²) in [6, 6.07) is 21.2. The molecule has 1 N–H and O–H groups in total. The topological polar surface area (TPSA) is 68.3 Å². The van der Waals surface area contributed by atoms with Crippen LogP contribution in [0.3, 0.4) is 0 Å². The first-order valence-corrected chi connectivity index (χ1v) is 9.86. The average Bonchev–Trinajstić information content (AvgIpc) is 2.77. The Hall–Kier alpha value is -3.44. The highest BCUT2D eigenvalue weighted by atomic mass is 35.5. The van der Waals surface area contributed by atoms with Crippen LogP contribution in [0.25, 0.3) is 21.8 Å². The molecule has 0 unspecified atom stereocenters. The van der Waals surface area contributed by atoms with Crippen LogP contribution in [-0.2, 0) is 16.0 Å². The van der Waals surface area contributed by atoms with Crippen LogP contribution in [0.4, 0.5) is 0 Å². The smallest absolute Gasteiger partial charge is 0.328 e. The van der Waals surface area contributed by atoms with Crippen LogP contribution in [0, 0.1) is 0 Å². The molecule has 4 aromatic rings. The summed E-state index contributed by atoms with van der Waals surface area (Å²) in [5.41, 5.74) is 2.65. The molecule has 0 saturated heterocycles. The largest absolute Gasteiger partial charge is 0.467 e. The monoisotopic (exact) mass is 418 g/mol. The van der Waals surface area contributed by atoms with Crippen LogP contribution in [0.2, 0.25) is 5.02 Å². The molecular weight excluding hydrogens is 400 g/mol. The molecule has 0 spiro atoms. The fourth-order valence-corrected chi connectivity index (χ4v) is 3.75. The number of rotatable bonds is 5. The molecule has 0 aliphatic rings. The number of carbonyl (C=O) groups is 2. The Kier molecular flexibility index (Phi) is 5.63. The van der Waals surface area contributed by atoms with Gasteiger partial charge in [-0.2, -0.15) is 0 Å². The Labute approximate surface area is 178 Å². The molecule has 150 valence electrons. The fraction of sp³-hybridized carbons (Fsp3) is 0.125. The van der Waals surface area contributed by atoms with E-state index in [1.165, 1.54) is 7.11 Å². The molecule has 6 heteroatoms. The number of esters is 1. The third-order valence-corrected chi connectivity index (χ3v) is 5.36. The number of fused-ring (bicyclic) bond motifs is 2. The number of carbonyl (C=O) groups excluding carboxylic acids is 2. The first-order chi connectivity index (χ1) is 14.6. The summed E-state index contributed by atoms with van der Waals surface area (Å²) in [6.45, 7) is 0. The molecule has 1 amide bonds. The second kappa shape index (κ2) is 8.51. The molecule has 0 bridgehead atoms. The van der Waals surface area contributed by atoms with Gasteiger partial charge < -0.3 is 10.1 Å². The lowest BCUT2D eigenvalue weighted by atomic mass is 10.0. The number of pyridine rings is 1. The van der Waals surface area contributed by atoms with E-state index in [1.807, 2.05) is 66.7 Å². The van der Waals surface area contributed by atoms with Gasteiger partial charge in [0.2, 0.25) is 0 Å². The average molecular weight is 419 g/mol. The summed E-state index contributed by atoms with van der Waals surface area (Å²) >= 11 is 6.25. The zero-order valence-electron chi connectivity index (χ0n) is 16.3. The number of methoxy groups -OCH3 is 1. The first kappa shape index (κ1) is 19.9. The van der Waals surface area contributed by atoms with Crippen molar-refractivity contribution in [3.63, 3.8) is 0 Å². The van der Waals surface area contributed by atoms with Gasteiger partial charge in [-0.15, -0.1) is 0 Å². The molecule has 5 nitrogen and oxygen atoms in total. The number of nitrogens with zero attached hydrogens (tertiary/aromatic N) is 1. The highest BCUT2D eigenvalue weighted by Crippen LogP contribution is 2.26. The Balaban J connectivity index is 1.76. The maximum Gasteiger partial charge on any atom is 0.328 e. The lowest BCUT2D eigenvalue weighted by molar-refractivity contribution is -0.142. The van der Waals surface area contributed by atoms with Crippen molar-refractivity contribution < 1.29 is 14.3 Å². The van der Waals surface area contributed by atoms with Crippen LogP contribution in [0.15, 0.2) is 72.8 Å². The van der Waals surface area contributed by atoms with E-state index in [0.29, 0.717) is 21.6 Å². The number of hydrogen-bond acceptors (Lipinski definition) is 4. The van der Waals surface area contributed by atoms with E-state index in [-0.39, 0.29) is 12.3 Å². The third-order valence-electron chi connectivity index (χ3n) is 4.99. The Bertz CT molecular complexity index is 1200. The minimum Gasteiger partial charge on any atom is -0.467 e. The molecule has 1 aromatic heterocycles. The molecule has 0 saturated carbocycles. The Morgan fingerprint density at radius 1 is 0.933 bits per heavy atom. The van der Waals surface area contributed by atoms with Crippen molar-refractivity contribution in [2.45, 2.75) is 12.5 Å². The summed E-state index contributed by atoms with van der Waals surface area (Å²) in [7, 11) is 1.30. The summed E-state index contributed by atoms with van der Waals surface area (Å²) in [6.07, 6.45) is 0.221. The minimum absolute atomic E-state index is 0.221. The van der Waals surface area contributed by atoms with E-state index in [4.69, 9.17) is 16.3 Å². The summed E-state index contributed by atoms with van der Waals surface area (Å²) in [4.78, 5) is 30.5. The van der Waals surface area contributed by atoms with Gasteiger partial charge in [-0.25, -0.2) is 9.78 Å². The lowest BCUT2D eigenvalue weighted by Gasteiger charge is -2.18. The van der Waals surface area contributed by atoms with Gasteiger partial charge in [-0.3, -0.25) is 4.79 Å². The SMILES string of the molecule is COC(=O)[C@@H](Cc1ccccc1Cl)NC(=O)c1c2ccccc2nc2ccccc12. The van der Waals surface area contributed by atoms with Crippen molar-refractivity contribution in [1.82, 2.24) is 10.3 Å². The Morgan fingerprint density at radius 2 is 1.50 bits per heavy atom. The molecular formula is C24H19ClN2O3. The van der Waals surface area contributed by atoms with Crippen molar-refractivity contribution in [2.24, 2.45) is 0 Å². The maximum absolute atomic E-state index is 13.4. The zero-order valence-corrected chi connectivity index (χ0v) is 17.0. The van der Waals surface area contributed by atoms with Gasteiger partial charge in [0.15, 0.2) is 0 Å². The number of aromatic nitrogens is 1. The van der Waals surface area contributed by atoms with Crippen molar-refractivity contribution in [1.29, 1.82) is 0 Å². The second-order valence-electron chi connectivity index (χ2n) is 6.87. The van der Waals surface area contributed by atoms with Gasteiger partial charge in [0, 0.05) is 22.2 Å². The lowest BCUT2D eigenvalue weighted by Crippen LogP contribution is -2.43. The number of para-hydroxylation sites is 2. The van der Waals surface area contributed by atoms with Crippen LogP contribution in [-0.4, -0.2) is 30.0 Å². The minimum atomic E-state index is -0.881. The van der Waals surface area contributed by atoms with Gasteiger partial charge >= 0.3 is 5.97 Å². The molecule has 3 aromatic carbocycles. The molecule has 0 fully saturated rings. The summed E-state index contributed by atoms with van der Waals surface area (Å²) in [5, 5.41) is 4.81. The molecule has 0 aliphatic carbocycles. The van der Waals surface area contributed by atoms with Gasteiger partial charge in [0.25, 0.3) is 5.91 Å². The van der Waals surface area contributed by atoms with E-state index in [9.17, 15) is 9.59 Å². The van der Waals surface area contributed by atoms with Crippen LogP contribution in [0.5, 0.6) is 0 Å². The summed E-state index contributed by atoms with van der Waals surface area (Å²) < 4.78 is 4.93. The van der Waals surface area contributed by atoms with Gasteiger partial charge in [0.1, 0.15) is 6.04 Å². The van der Waals surface area contributed by atoms with Crippen LogP contribution < -0.4 is 5.32 Å².